The molecule has 0 bridgehead atoms. The summed E-state index contributed by atoms with van der Waals surface area (Å²) in [5.74, 6) is 0.624. The fourth-order valence-corrected chi connectivity index (χ4v) is 1.60. The van der Waals surface area contributed by atoms with Gasteiger partial charge < -0.3 is 5.73 Å². The first-order valence-corrected chi connectivity index (χ1v) is 5.37. The van der Waals surface area contributed by atoms with Crippen LogP contribution < -0.4 is 5.73 Å². The lowest BCUT2D eigenvalue weighted by Gasteiger charge is -2.06. The number of nitrogen functional groups attached to an aromatic ring is 1. The van der Waals surface area contributed by atoms with Gasteiger partial charge in [-0.05, 0) is 20.8 Å². The van der Waals surface area contributed by atoms with Crippen LogP contribution in [0.2, 0.25) is 0 Å². The van der Waals surface area contributed by atoms with Crippen LogP contribution in [0, 0.1) is 6.92 Å². The summed E-state index contributed by atoms with van der Waals surface area (Å²) in [6, 6.07) is 8.35. The molecule has 4 nitrogen and oxygen atoms in total. The van der Waals surface area contributed by atoms with Crippen LogP contribution in [0.25, 0.3) is 11.3 Å². The average Bonchev–Trinajstić information content (AvgIpc) is 2.61. The van der Waals surface area contributed by atoms with E-state index in [2.05, 4.69) is 17.2 Å². The lowest BCUT2D eigenvalue weighted by atomic mass is 10.1. The van der Waals surface area contributed by atoms with E-state index in [1.807, 2.05) is 38.1 Å². The SMILES string of the molecule is Cc1ccc(-c2nnn(C(C)C)c2N)cc1. The maximum Gasteiger partial charge on any atom is 0.150 e. The van der Waals surface area contributed by atoms with Crippen molar-refractivity contribution in [3.8, 4) is 11.3 Å². The third-order valence-electron chi connectivity index (χ3n) is 2.54. The Labute approximate surface area is 95.1 Å². The van der Waals surface area contributed by atoms with Crippen LogP contribution in [0.3, 0.4) is 0 Å². The fraction of sp³-hybridized carbons (Fsp3) is 0.333. The summed E-state index contributed by atoms with van der Waals surface area (Å²) in [7, 11) is 0. The molecule has 0 amide bonds. The molecule has 0 atom stereocenters. The van der Waals surface area contributed by atoms with Gasteiger partial charge in [0.25, 0.3) is 0 Å². The Morgan fingerprint density at radius 1 is 1.19 bits per heavy atom. The zero-order chi connectivity index (χ0) is 11.7. The van der Waals surface area contributed by atoms with Crippen LogP contribution in [-0.2, 0) is 0 Å². The Morgan fingerprint density at radius 3 is 2.31 bits per heavy atom. The van der Waals surface area contributed by atoms with E-state index >= 15 is 0 Å². The van der Waals surface area contributed by atoms with E-state index in [4.69, 9.17) is 5.73 Å². The molecule has 0 aliphatic rings. The van der Waals surface area contributed by atoms with Crippen LogP contribution >= 0.6 is 0 Å². The van der Waals surface area contributed by atoms with E-state index < -0.39 is 0 Å². The van der Waals surface area contributed by atoms with Gasteiger partial charge in [0.1, 0.15) is 5.69 Å². The number of benzene rings is 1. The summed E-state index contributed by atoms with van der Waals surface area (Å²) in [5.41, 5.74) is 9.00. The maximum atomic E-state index is 6.01. The number of aromatic nitrogens is 3. The van der Waals surface area contributed by atoms with E-state index in [0.29, 0.717) is 5.82 Å². The highest BCUT2D eigenvalue weighted by Gasteiger charge is 2.12. The number of aryl methyl sites for hydroxylation is 1. The summed E-state index contributed by atoms with van der Waals surface area (Å²) < 4.78 is 1.73. The molecule has 0 spiro atoms. The summed E-state index contributed by atoms with van der Waals surface area (Å²) in [5, 5.41) is 8.18. The number of hydrogen-bond donors (Lipinski definition) is 1. The molecular weight excluding hydrogens is 200 g/mol. The molecule has 0 saturated heterocycles. The maximum absolute atomic E-state index is 6.01. The highest BCUT2D eigenvalue weighted by molar-refractivity contribution is 5.69. The van der Waals surface area contributed by atoms with Crippen LogP contribution in [-0.4, -0.2) is 15.0 Å². The van der Waals surface area contributed by atoms with Crippen LogP contribution in [0.1, 0.15) is 25.5 Å². The van der Waals surface area contributed by atoms with E-state index in [-0.39, 0.29) is 6.04 Å². The van der Waals surface area contributed by atoms with E-state index in [1.54, 1.807) is 4.68 Å². The van der Waals surface area contributed by atoms with Crippen molar-refractivity contribution in [1.82, 2.24) is 15.0 Å². The first-order chi connectivity index (χ1) is 7.59. The van der Waals surface area contributed by atoms with Gasteiger partial charge in [-0.25, -0.2) is 4.68 Å². The van der Waals surface area contributed by atoms with Crippen molar-refractivity contribution in [2.45, 2.75) is 26.8 Å². The van der Waals surface area contributed by atoms with Gasteiger partial charge in [0, 0.05) is 5.56 Å². The van der Waals surface area contributed by atoms with Crippen molar-refractivity contribution in [3.05, 3.63) is 29.8 Å². The van der Waals surface area contributed by atoms with Gasteiger partial charge in [-0.1, -0.05) is 35.0 Å². The molecule has 4 heteroatoms. The van der Waals surface area contributed by atoms with Gasteiger partial charge in [0.15, 0.2) is 5.82 Å². The van der Waals surface area contributed by atoms with E-state index in [0.717, 1.165) is 11.3 Å². The second-order valence-electron chi connectivity index (χ2n) is 4.23. The molecule has 0 saturated carbocycles. The Hall–Kier alpha value is -1.84. The molecule has 0 radical (unpaired) electrons. The van der Waals surface area contributed by atoms with Gasteiger partial charge in [-0.15, -0.1) is 5.10 Å². The molecule has 1 aromatic heterocycles. The van der Waals surface area contributed by atoms with E-state index in [1.165, 1.54) is 5.56 Å². The summed E-state index contributed by atoms with van der Waals surface area (Å²) >= 11 is 0. The highest BCUT2D eigenvalue weighted by Crippen LogP contribution is 2.24. The predicted molar refractivity (Wildman–Crippen MR) is 65.0 cm³/mol. The average molecular weight is 216 g/mol. The second kappa shape index (κ2) is 3.96. The number of nitrogens with zero attached hydrogens (tertiary/aromatic N) is 3. The van der Waals surface area contributed by atoms with Crippen LogP contribution in [0.5, 0.6) is 0 Å². The van der Waals surface area contributed by atoms with Crippen LogP contribution in [0.15, 0.2) is 24.3 Å². The minimum absolute atomic E-state index is 0.228. The highest BCUT2D eigenvalue weighted by atomic mass is 15.5. The minimum Gasteiger partial charge on any atom is -0.382 e. The third kappa shape index (κ3) is 1.78. The Balaban J connectivity index is 2.45. The first-order valence-electron chi connectivity index (χ1n) is 5.37. The molecular formula is C12H16N4. The van der Waals surface area contributed by atoms with Crippen molar-refractivity contribution in [3.63, 3.8) is 0 Å². The van der Waals surface area contributed by atoms with E-state index in [9.17, 15) is 0 Å². The molecule has 2 aromatic rings. The predicted octanol–water partition coefficient (Wildman–Crippen LogP) is 2.42. The first kappa shape index (κ1) is 10.7. The van der Waals surface area contributed by atoms with Crippen molar-refractivity contribution in [2.24, 2.45) is 0 Å². The molecule has 2 N–H and O–H groups in total. The molecule has 2 rings (SSSR count). The number of hydrogen-bond acceptors (Lipinski definition) is 3. The molecule has 16 heavy (non-hydrogen) atoms. The summed E-state index contributed by atoms with van der Waals surface area (Å²) in [6.07, 6.45) is 0. The lowest BCUT2D eigenvalue weighted by molar-refractivity contribution is 0.521. The molecule has 1 aromatic carbocycles. The summed E-state index contributed by atoms with van der Waals surface area (Å²) in [6.45, 7) is 6.12. The van der Waals surface area contributed by atoms with Crippen molar-refractivity contribution >= 4 is 5.82 Å². The van der Waals surface area contributed by atoms with Crippen molar-refractivity contribution in [2.75, 3.05) is 5.73 Å². The Kier molecular flexibility index (Phi) is 2.64. The van der Waals surface area contributed by atoms with Crippen LogP contribution in [0.4, 0.5) is 5.82 Å². The fourth-order valence-electron chi connectivity index (χ4n) is 1.60. The zero-order valence-corrected chi connectivity index (χ0v) is 9.81. The third-order valence-corrected chi connectivity index (χ3v) is 2.54. The van der Waals surface area contributed by atoms with Gasteiger partial charge in [0.2, 0.25) is 0 Å². The number of rotatable bonds is 2. The van der Waals surface area contributed by atoms with Gasteiger partial charge in [-0.3, -0.25) is 0 Å². The zero-order valence-electron chi connectivity index (χ0n) is 9.81. The van der Waals surface area contributed by atoms with Crippen molar-refractivity contribution in [1.29, 1.82) is 0 Å². The van der Waals surface area contributed by atoms with Gasteiger partial charge in [-0.2, -0.15) is 0 Å². The Bertz CT molecular complexity index is 482. The lowest BCUT2D eigenvalue weighted by Crippen LogP contribution is -2.07. The second-order valence-corrected chi connectivity index (χ2v) is 4.23. The topological polar surface area (TPSA) is 56.7 Å². The summed E-state index contributed by atoms with van der Waals surface area (Å²) in [4.78, 5) is 0. The van der Waals surface area contributed by atoms with Crippen molar-refractivity contribution < 1.29 is 0 Å². The standard InChI is InChI=1S/C12H16N4/c1-8(2)16-12(13)11(14-15-16)10-6-4-9(3)5-7-10/h4-8H,13H2,1-3H3. The van der Waals surface area contributed by atoms with Gasteiger partial charge in [0.05, 0.1) is 6.04 Å². The minimum atomic E-state index is 0.228. The molecule has 0 aliphatic heterocycles. The normalized spacial score (nSPS) is 11.0. The molecule has 84 valence electrons. The van der Waals surface area contributed by atoms with Gasteiger partial charge >= 0.3 is 0 Å². The molecule has 0 aliphatic carbocycles. The molecule has 0 unspecified atom stereocenters. The molecule has 0 fully saturated rings. The number of nitrogens with two attached hydrogens (primary N) is 1. The largest absolute Gasteiger partial charge is 0.382 e. The number of anilines is 1. The Morgan fingerprint density at radius 2 is 1.81 bits per heavy atom. The monoisotopic (exact) mass is 216 g/mol. The quantitative estimate of drug-likeness (QED) is 0.838. The smallest absolute Gasteiger partial charge is 0.150 e. The molecule has 1 heterocycles.